The third-order valence-corrected chi connectivity index (χ3v) is 24.5. The van der Waals surface area contributed by atoms with Crippen LogP contribution < -0.4 is 76.1 Å². The molecule has 45 heteroatoms. The number of aromatic amines is 2. The summed E-state index contributed by atoms with van der Waals surface area (Å²) in [5.74, 6) is -21.5. The lowest BCUT2D eigenvalue weighted by Gasteiger charge is -2.36. The van der Waals surface area contributed by atoms with E-state index in [4.69, 9.17) is 22.9 Å². The number of amides is 17. The number of aliphatic hydroxyl groups excluding tert-OH is 1. The average molecular weight is 1860 g/mol. The maximum atomic E-state index is 15.8. The first-order valence-electron chi connectivity index (χ1n) is 43.7. The van der Waals surface area contributed by atoms with Gasteiger partial charge in [0.1, 0.15) is 90.3 Å². The standard InChI is InChI=1S/C87H121N21O23S/c1-7-9-20-65-80(124)97-56(27-29-72(114)115)76(120)103-64(75(119)94-42-70(91)112)44-132-45-71(113)95-60(34-47-23-25-50(109)26-24-47)83(127)104(4)46(3)74(118)100-62(38-69(90)111)86(130)107-33-15-22-66(107)81(125)102-63(39-89)79(123)98-58(28-30-73(116)117)85(129)108-43-51(110)37-68(108)82(126)99-59(35-48-40-92-54-18-13-11-16-52(48)54)78(122)96-57(31-32-88)77(121)101-61(36-49-41-93-55-19-14-12-17-53(49)55)84(128)106(6)67(21-10-8-2)87(131)105(65)5/h11-14,16-19,23-26,40-41,46,51,56-68,92-93,109-110H,7-10,15,20-22,27-39,42-45,88-89H2,1-6H3,(H2,90,111)(H2,91,112)(H,94,119)(H,95,113)(H,96,122)(H,97,124)(H,98,123)(H,99,126)(H,100,118)(H,101,121)(H,102,125)(H,103,120)(H,114,115)(H,116,117)/t46-,51+,56-,57-,58-,59-,60-,61-,62+,63-,64-,65-,66-,67-,68-/m0/s1. The quantitative estimate of drug-likeness (QED) is 0.0250. The summed E-state index contributed by atoms with van der Waals surface area (Å²) in [7, 11) is 3.78. The van der Waals surface area contributed by atoms with Crippen LogP contribution in [0.4, 0.5) is 0 Å². The minimum Gasteiger partial charge on any atom is -0.508 e. The Morgan fingerprint density at radius 1 is 0.500 bits per heavy atom. The molecule has 44 nitrogen and oxygen atoms in total. The van der Waals surface area contributed by atoms with Gasteiger partial charge >= 0.3 is 11.9 Å². The maximum Gasteiger partial charge on any atom is 0.303 e. The van der Waals surface area contributed by atoms with E-state index in [1.54, 1.807) is 67.8 Å². The highest BCUT2D eigenvalue weighted by Crippen LogP contribution is 2.28. The molecule has 5 heterocycles. The summed E-state index contributed by atoms with van der Waals surface area (Å²) in [6, 6.07) is -3.54. The van der Waals surface area contributed by atoms with Crippen molar-refractivity contribution in [3.8, 4) is 5.75 Å². The van der Waals surface area contributed by atoms with Gasteiger partial charge < -0.3 is 131 Å². The fourth-order valence-corrected chi connectivity index (χ4v) is 16.9. The maximum absolute atomic E-state index is 15.8. The number of rotatable bonds is 26. The molecule has 17 amide bonds. The SMILES string of the molecule is CCCC[C@H]1C(=O)N(C)[C@@H](CCCC)C(=O)N[C@@H](CCC(=O)O)C(=O)N[C@H](C(=O)NCC(N)=O)CSCC(=O)N[C@@H](Cc2ccc(O)cc2)C(=O)N(C)[C@@H](C)C(=O)N[C@H](CC(N)=O)C(=O)N2CCC[C@H]2C(=O)N[C@@H](CN)C(=O)N[C@@H](CCC(=O)O)C(=O)N2C[C@H](O)C[C@H]2C(=O)N[C@@H](Cc2c[nH]c3ccccc23)C(=O)N[C@@H](CCN)C(=O)N[C@@H](Cc2c[nH]c3ccccc23)C(=O)N1C. The molecule has 8 rings (SSSR count). The molecule has 0 bridgehead atoms. The van der Waals surface area contributed by atoms with Crippen LogP contribution in [0.25, 0.3) is 21.8 Å². The third-order valence-electron chi connectivity index (χ3n) is 23.5. The number of aromatic nitrogens is 2. The van der Waals surface area contributed by atoms with Gasteiger partial charge in [0.2, 0.25) is 100 Å². The number of phenolic OH excluding ortho intramolecular Hbond substituents is 1. The second kappa shape index (κ2) is 49.6. The number of aliphatic carboxylic acids is 2. The number of nitrogens with one attached hydrogen (secondary N) is 12. The Morgan fingerprint density at radius 3 is 1.58 bits per heavy atom. The summed E-state index contributed by atoms with van der Waals surface area (Å²) in [5.41, 5.74) is 25.9. The fraction of sp³-hybridized carbons (Fsp3) is 0.529. The Hall–Kier alpha value is -13.3. The number of primary amides is 2. The van der Waals surface area contributed by atoms with E-state index < -0.39 is 273 Å². The summed E-state index contributed by atoms with van der Waals surface area (Å²) in [6.45, 7) is 2.32. The van der Waals surface area contributed by atoms with Crippen molar-refractivity contribution in [2.24, 2.45) is 22.9 Å². The molecule has 132 heavy (non-hydrogen) atoms. The van der Waals surface area contributed by atoms with E-state index in [2.05, 4.69) is 63.1 Å². The van der Waals surface area contributed by atoms with Crippen molar-refractivity contribution in [2.75, 3.05) is 65.4 Å². The number of unbranched alkanes of at least 4 members (excludes halogenated alkanes) is 2. The third kappa shape index (κ3) is 28.8. The van der Waals surface area contributed by atoms with Gasteiger partial charge in [-0.15, -0.1) is 11.8 Å². The highest BCUT2D eigenvalue weighted by Gasteiger charge is 2.47. The van der Waals surface area contributed by atoms with Crippen molar-refractivity contribution in [3.05, 3.63) is 102 Å². The second-order valence-corrected chi connectivity index (χ2v) is 34.1. The van der Waals surface area contributed by atoms with E-state index in [0.29, 0.717) is 69.5 Å². The number of fused-ring (bicyclic) bond motifs is 4. The highest BCUT2D eigenvalue weighted by atomic mass is 32.2. The van der Waals surface area contributed by atoms with Crippen LogP contribution in [0, 0.1) is 0 Å². The molecular formula is C87H121N21O23S. The van der Waals surface area contributed by atoms with Gasteiger partial charge in [-0.05, 0) is 99.4 Å². The van der Waals surface area contributed by atoms with Gasteiger partial charge in [-0.3, -0.25) is 91.1 Å². The smallest absolute Gasteiger partial charge is 0.303 e. The second-order valence-electron chi connectivity index (χ2n) is 33.1. The van der Waals surface area contributed by atoms with Crippen molar-refractivity contribution in [3.63, 3.8) is 0 Å². The van der Waals surface area contributed by atoms with Crippen LogP contribution in [-0.2, 0) is 110 Å². The zero-order valence-electron chi connectivity index (χ0n) is 74.4. The Morgan fingerprint density at radius 2 is 0.992 bits per heavy atom. The van der Waals surface area contributed by atoms with Crippen LogP contribution >= 0.6 is 11.8 Å². The topological polar surface area (TPSA) is 677 Å². The number of likely N-dealkylation sites (N-methyl/N-ethyl adjacent to an activating group) is 3. The van der Waals surface area contributed by atoms with Gasteiger partial charge in [0.15, 0.2) is 0 Å². The van der Waals surface area contributed by atoms with Gasteiger partial charge in [-0.1, -0.05) is 88.1 Å². The largest absolute Gasteiger partial charge is 0.508 e. The van der Waals surface area contributed by atoms with E-state index in [1.165, 1.54) is 52.3 Å². The molecule has 718 valence electrons. The summed E-state index contributed by atoms with van der Waals surface area (Å²) in [4.78, 5) is 284. The number of H-pyrrole nitrogens is 2. The number of carbonyl (C=O) groups is 19. The number of aliphatic hydroxyl groups is 1. The molecule has 3 aliphatic heterocycles. The number of thioether (sulfide) groups is 1. The van der Waals surface area contributed by atoms with E-state index in [9.17, 15) is 78.0 Å². The number of nitrogens with zero attached hydrogens (tertiary/aromatic N) is 5. The first-order chi connectivity index (χ1) is 62.8. The lowest BCUT2D eigenvalue weighted by Crippen LogP contribution is -2.61. The predicted molar refractivity (Wildman–Crippen MR) is 478 cm³/mol. The number of aromatic hydroxyl groups is 1. The van der Waals surface area contributed by atoms with Gasteiger partial charge in [0, 0.05) is 119 Å². The molecule has 3 fully saturated rings. The summed E-state index contributed by atoms with van der Waals surface area (Å²) < 4.78 is 0. The van der Waals surface area contributed by atoms with Crippen LogP contribution in [0.15, 0.2) is 85.2 Å². The molecule has 15 atom stereocenters. The lowest BCUT2D eigenvalue weighted by molar-refractivity contribution is -0.149. The Balaban J connectivity index is 1.19. The average Bonchev–Trinajstić information content (AvgIpc) is 1.65. The minimum atomic E-state index is -1.84. The number of carboxylic acids is 2. The first kappa shape index (κ1) is 104. The van der Waals surface area contributed by atoms with Crippen LogP contribution in [0.1, 0.15) is 134 Å². The van der Waals surface area contributed by atoms with Crippen molar-refractivity contribution in [1.82, 2.24) is 87.6 Å². The van der Waals surface area contributed by atoms with Crippen LogP contribution in [0.3, 0.4) is 0 Å². The van der Waals surface area contributed by atoms with Crippen molar-refractivity contribution in [2.45, 2.75) is 227 Å². The molecule has 2 aromatic heterocycles. The molecule has 0 aliphatic carbocycles. The Bertz CT molecular complexity index is 5010. The van der Waals surface area contributed by atoms with Crippen LogP contribution in [0.5, 0.6) is 5.75 Å². The molecule has 3 aromatic carbocycles. The van der Waals surface area contributed by atoms with Crippen LogP contribution in [-0.4, -0.2) is 323 Å². The molecule has 0 radical (unpaired) electrons. The monoisotopic (exact) mass is 1860 g/mol. The molecule has 0 saturated carbocycles. The van der Waals surface area contributed by atoms with Gasteiger partial charge in [-0.25, -0.2) is 0 Å². The van der Waals surface area contributed by atoms with Gasteiger partial charge in [0.05, 0.1) is 24.8 Å². The van der Waals surface area contributed by atoms with E-state index in [1.807, 2.05) is 6.92 Å². The molecule has 0 spiro atoms. The van der Waals surface area contributed by atoms with Crippen LogP contribution in [0.2, 0.25) is 0 Å². The van der Waals surface area contributed by atoms with Gasteiger partial charge in [-0.2, -0.15) is 0 Å². The number of hydrogen-bond donors (Lipinski definition) is 20. The molecular weight excluding hydrogens is 1740 g/mol. The van der Waals surface area contributed by atoms with E-state index in [0.717, 1.165) is 24.5 Å². The Kier molecular flexibility index (Phi) is 39.1. The highest BCUT2D eigenvalue weighted by molar-refractivity contribution is 8.00. The molecule has 3 saturated heterocycles. The molecule has 5 aromatic rings. The van der Waals surface area contributed by atoms with Crippen molar-refractivity contribution in [1.29, 1.82) is 0 Å². The molecule has 0 unspecified atom stereocenters. The minimum absolute atomic E-state index is 0.0407. The number of hydrogen-bond acceptors (Lipinski definition) is 24. The number of benzene rings is 3. The lowest BCUT2D eigenvalue weighted by atomic mass is 9.99. The normalized spacial score (nSPS) is 25.0. The van der Waals surface area contributed by atoms with E-state index >= 15 is 33.6 Å². The molecule has 24 N–H and O–H groups in total. The summed E-state index contributed by atoms with van der Waals surface area (Å²) in [6.07, 6.45) is -2.28. The number of carbonyl (C=O) groups excluding carboxylic acids is 17. The number of carboxylic acid groups (broad SMARTS) is 2. The first-order valence-corrected chi connectivity index (χ1v) is 44.9. The summed E-state index contributed by atoms with van der Waals surface area (Å²) >= 11 is 0.696. The van der Waals surface area contributed by atoms with Gasteiger partial charge in [0.25, 0.3) is 0 Å². The van der Waals surface area contributed by atoms with E-state index in [-0.39, 0.29) is 76.6 Å². The number of para-hydroxylation sites is 2. The Labute approximate surface area is 764 Å². The van der Waals surface area contributed by atoms with Crippen molar-refractivity contribution < 1.29 is 112 Å². The number of nitrogens with two attached hydrogens (primary N) is 4. The zero-order chi connectivity index (χ0) is 96.9. The number of phenols is 1. The molecule has 3 aliphatic rings. The zero-order valence-corrected chi connectivity index (χ0v) is 75.2. The summed E-state index contributed by atoms with van der Waals surface area (Å²) in [5, 5.41) is 68.2. The predicted octanol–water partition coefficient (Wildman–Crippen LogP) is -4.16. The van der Waals surface area contributed by atoms with Crippen molar-refractivity contribution >= 4 is 146 Å². The fourth-order valence-electron chi connectivity index (χ4n) is 16.0.